The number of hydrogen-bond acceptors (Lipinski definition) is 2. The molecule has 4 heteroatoms. The topological polar surface area (TPSA) is 21.3 Å². The van der Waals surface area contributed by atoms with Gasteiger partial charge >= 0.3 is 0 Å². The number of hydrogen-bond donors (Lipinski definition) is 1. The Hall–Kier alpha value is -0.780. The summed E-state index contributed by atoms with van der Waals surface area (Å²) in [7, 11) is 0. The molecule has 0 aliphatic heterocycles. The summed E-state index contributed by atoms with van der Waals surface area (Å²) in [5.41, 5.74) is 1.14. The van der Waals surface area contributed by atoms with Crippen LogP contribution < -0.4 is 10.1 Å². The maximum atomic E-state index is 6.33. The van der Waals surface area contributed by atoms with Crippen LogP contribution in [0.25, 0.3) is 0 Å². The maximum absolute atomic E-state index is 6.33. The van der Waals surface area contributed by atoms with Gasteiger partial charge in [-0.05, 0) is 79.3 Å². The van der Waals surface area contributed by atoms with E-state index in [1.165, 1.54) is 0 Å². The first-order valence-corrected chi connectivity index (χ1v) is 8.26. The largest absolute Gasteiger partial charge is 0.457 e. The standard InChI is InChI=1S/C17H19ClINO/c1-17(2,3)20-11-12-7-8-15(10-16(12)18)21-14-6-4-5-13(19)9-14/h4-10,20H,11H2,1-3H3. The van der Waals surface area contributed by atoms with Gasteiger partial charge in [0.25, 0.3) is 0 Å². The van der Waals surface area contributed by atoms with Crippen molar-refractivity contribution in [3.63, 3.8) is 0 Å². The van der Waals surface area contributed by atoms with Crippen molar-refractivity contribution in [1.29, 1.82) is 0 Å². The first-order chi connectivity index (χ1) is 9.83. The summed E-state index contributed by atoms with van der Waals surface area (Å²) in [6, 6.07) is 13.7. The van der Waals surface area contributed by atoms with Gasteiger partial charge in [-0.25, -0.2) is 0 Å². The minimum Gasteiger partial charge on any atom is -0.457 e. The molecule has 0 aromatic heterocycles. The Balaban J connectivity index is 2.08. The predicted octanol–water partition coefficient (Wildman–Crippen LogP) is 5.63. The molecule has 2 rings (SSSR count). The molecule has 0 saturated heterocycles. The van der Waals surface area contributed by atoms with E-state index in [0.717, 1.165) is 32.2 Å². The van der Waals surface area contributed by atoms with Crippen molar-refractivity contribution in [3.05, 3.63) is 56.6 Å². The summed E-state index contributed by atoms with van der Waals surface area (Å²) in [6.45, 7) is 7.14. The highest BCUT2D eigenvalue weighted by atomic mass is 127. The monoisotopic (exact) mass is 415 g/mol. The number of benzene rings is 2. The highest BCUT2D eigenvalue weighted by Crippen LogP contribution is 2.27. The van der Waals surface area contributed by atoms with E-state index in [2.05, 4.69) is 48.7 Å². The van der Waals surface area contributed by atoms with Crippen molar-refractivity contribution in [1.82, 2.24) is 5.32 Å². The molecular formula is C17H19ClINO. The van der Waals surface area contributed by atoms with Crippen molar-refractivity contribution >= 4 is 34.2 Å². The molecule has 2 aromatic rings. The number of ether oxygens (including phenoxy) is 1. The van der Waals surface area contributed by atoms with E-state index in [9.17, 15) is 0 Å². The first-order valence-electron chi connectivity index (χ1n) is 6.80. The van der Waals surface area contributed by atoms with Crippen molar-refractivity contribution < 1.29 is 4.74 Å². The molecule has 1 N–H and O–H groups in total. The molecule has 0 unspecified atom stereocenters. The fourth-order valence-electron chi connectivity index (χ4n) is 1.76. The lowest BCUT2D eigenvalue weighted by atomic mass is 10.1. The van der Waals surface area contributed by atoms with Crippen molar-refractivity contribution in [2.24, 2.45) is 0 Å². The lowest BCUT2D eigenvalue weighted by Crippen LogP contribution is -2.35. The molecule has 0 aliphatic rings. The zero-order valence-corrected chi connectivity index (χ0v) is 15.3. The number of rotatable bonds is 4. The normalized spacial score (nSPS) is 11.5. The molecule has 2 aromatic carbocycles. The van der Waals surface area contributed by atoms with Gasteiger partial charge < -0.3 is 10.1 Å². The number of halogens is 2. The van der Waals surface area contributed by atoms with Crippen LogP contribution in [-0.2, 0) is 6.54 Å². The average Bonchev–Trinajstić information content (AvgIpc) is 2.36. The molecule has 0 amide bonds. The van der Waals surface area contributed by atoms with Crippen LogP contribution >= 0.6 is 34.2 Å². The van der Waals surface area contributed by atoms with Crippen LogP contribution in [0.2, 0.25) is 5.02 Å². The average molecular weight is 416 g/mol. The van der Waals surface area contributed by atoms with Crippen LogP contribution in [0.1, 0.15) is 26.3 Å². The van der Waals surface area contributed by atoms with E-state index in [4.69, 9.17) is 16.3 Å². The molecule has 0 aliphatic carbocycles. The minimum atomic E-state index is 0.0687. The Morgan fingerprint density at radius 1 is 1.10 bits per heavy atom. The molecule has 0 heterocycles. The van der Waals surface area contributed by atoms with Crippen LogP contribution in [0.3, 0.4) is 0 Å². The molecular weight excluding hydrogens is 397 g/mol. The summed E-state index contributed by atoms with van der Waals surface area (Å²) in [5.74, 6) is 1.57. The van der Waals surface area contributed by atoms with Gasteiger partial charge in [0.2, 0.25) is 0 Å². The highest BCUT2D eigenvalue weighted by molar-refractivity contribution is 14.1. The van der Waals surface area contributed by atoms with E-state index in [-0.39, 0.29) is 5.54 Å². The summed E-state index contributed by atoms with van der Waals surface area (Å²) in [5, 5.41) is 4.15. The summed E-state index contributed by atoms with van der Waals surface area (Å²) >= 11 is 8.60. The highest BCUT2D eigenvalue weighted by Gasteiger charge is 2.10. The maximum Gasteiger partial charge on any atom is 0.128 e. The fraction of sp³-hybridized carbons (Fsp3) is 0.294. The van der Waals surface area contributed by atoms with Gasteiger partial charge in [0.05, 0.1) is 0 Å². The van der Waals surface area contributed by atoms with Crippen LogP contribution in [-0.4, -0.2) is 5.54 Å². The van der Waals surface area contributed by atoms with Gasteiger partial charge in [-0.2, -0.15) is 0 Å². The van der Waals surface area contributed by atoms with E-state index < -0.39 is 0 Å². The minimum absolute atomic E-state index is 0.0687. The zero-order chi connectivity index (χ0) is 15.5. The van der Waals surface area contributed by atoms with E-state index in [0.29, 0.717) is 0 Å². The Bertz CT molecular complexity index is 622. The third-order valence-corrected chi connectivity index (χ3v) is 3.89. The second-order valence-electron chi connectivity index (χ2n) is 5.92. The van der Waals surface area contributed by atoms with Gasteiger partial charge in [-0.15, -0.1) is 0 Å². The van der Waals surface area contributed by atoms with Crippen LogP contribution in [0.4, 0.5) is 0 Å². The molecule has 112 valence electrons. The first kappa shape index (κ1) is 16.6. The molecule has 2 nitrogen and oxygen atoms in total. The molecule has 0 atom stereocenters. The lowest BCUT2D eigenvalue weighted by molar-refractivity contribution is 0.424. The molecule has 0 radical (unpaired) electrons. The van der Waals surface area contributed by atoms with Gasteiger partial charge in [0, 0.05) is 20.7 Å². The lowest BCUT2D eigenvalue weighted by Gasteiger charge is -2.21. The quantitative estimate of drug-likeness (QED) is 0.654. The van der Waals surface area contributed by atoms with Gasteiger partial charge in [-0.1, -0.05) is 23.7 Å². The van der Waals surface area contributed by atoms with E-state index in [1.807, 2.05) is 42.5 Å². The van der Waals surface area contributed by atoms with Gasteiger partial charge in [0.1, 0.15) is 11.5 Å². The Labute approximate surface area is 145 Å². The van der Waals surface area contributed by atoms with Crippen molar-refractivity contribution in [2.45, 2.75) is 32.9 Å². The molecule has 0 spiro atoms. The molecule has 0 bridgehead atoms. The van der Waals surface area contributed by atoms with Gasteiger partial charge in [-0.3, -0.25) is 0 Å². The van der Waals surface area contributed by atoms with Crippen molar-refractivity contribution in [2.75, 3.05) is 0 Å². The molecule has 21 heavy (non-hydrogen) atoms. The van der Waals surface area contributed by atoms with Gasteiger partial charge in [0.15, 0.2) is 0 Å². The predicted molar refractivity (Wildman–Crippen MR) is 97.3 cm³/mol. The second kappa shape index (κ2) is 6.99. The summed E-state index contributed by atoms with van der Waals surface area (Å²) in [4.78, 5) is 0. The SMILES string of the molecule is CC(C)(C)NCc1ccc(Oc2cccc(I)c2)cc1Cl. The summed E-state index contributed by atoms with van der Waals surface area (Å²) < 4.78 is 6.97. The Morgan fingerprint density at radius 2 is 1.81 bits per heavy atom. The Kier molecular flexibility index (Phi) is 5.52. The summed E-state index contributed by atoms with van der Waals surface area (Å²) in [6.07, 6.45) is 0. The second-order valence-corrected chi connectivity index (χ2v) is 7.57. The van der Waals surface area contributed by atoms with Crippen LogP contribution in [0.5, 0.6) is 11.5 Å². The fourth-order valence-corrected chi connectivity index (χ4v) is 2.51. The number of nitrogens with one attached hydrogen (secondary N) is 1. The van der Waals surface area contributed by atoms with Crippen molar-refractivity contribution in [3.8, 4) is 11.5 Å². The van der Waals surface area contributed by atoms with E-state index in [1.54, 1.807) is 0 Å². The Morgan fingerprint density at radius 3 is 2.43 bits per heavy atom. The van der Waals surface area contributed by atoms with Crippen LogP contribution in [0.15, 0.2) is 42.5 Å². The smallest absolute Gasteiger partial charge is 0.128 e. The zero-order valence-electron chi connectivity index (χ0n) is 12.4. The third kappa shape index (κ3) is 5.49. The third-order valence-electron chi connectivity index (χ3n) is 2.87. The van der Waals surface area contributed by atoms with Crippen LogP contribution in [0, 0.1) is 3.57 Å². The van der Waals surface area contributed by atoms with E-state index >= 15 is 0 Å². The molecule has 0 saturated carbocycles. The molecule has 0 fully saturated rings.